The summed E-state index contributed by atoms with van der Waals surface area (Å²) in [6.45, 7) is 9.16. The van der Waals surface area contributed by atoms with E-state index in [1.165, 1.54) is 32.1 Å². The van der Waals surface area contributed by atoms with Gasteiger partial charge in [0.2, 0.25) is 0 Å². The standard InChI is InChI=1S/C16H32N2O2/c1-15-4-2-5-16(12-15,14-20)13-18-7-3-6-17(8-9-18)10-11-19/h15,19-20H,2-14H2,1H3. The van der Waals surface area contributed by atoms with E-state index in [9.17, 15) is 5.11 Å². The molecular formula is C16H32N2O2. The summed E-state index contributed by atoms with van der Waals surface area (Å²) in [6, 6.07) is 0. The topological polar surface area (TPSA) is 46.9 Å². The van der Waals surface area contributed by atoms with Crippen LogP contribution in [0.4, 0.5) is 0 Å². The van der Waals surface area contributed by atoms with Crippen LogP contribution in [-0.2, 0) is 0 Å². The number of rotatable bonds is 5. The Labute approximate surface area is 123 Å². The zero-order valence-corrected chi connectivity index (χ0v) is 13.1. The van der Waals surface area contributed by atoms with Gasteiger partial charge >= 0.3 is 0 Å². The van der Waals surface area contributed by atoms with Gasteiger partial charge in [0, 0.05) is 38.2 Å². The predicted molar refractivity (Wildman–Crippen MR) is 81.7 cm³/mol. The summed E-state index contributed by atoms with van der Waals surface area (Å²) < 4.78 is 0. The highest BCUT2D eigenvalue weighted by Gasteiger charge is 2.36. The number of aliphatic hydroxyl groups is 2. The Hall–Kier alpha value is -0.160. The van der Waals surface area contributed by atoms with E-state index in [2.05, 4.69) is 16.7 Å². The average molecular weight is 284 g/mol. The van der Waals surface area contributed by atoms with Crippen molar-refractivity contribution < 1.29 is 10.2 Å². The summed E-state index contributed by atoms with van der Waals surface area (Å²) in [4.78, 5) is 4.90. The van der Waals surface area contributed by atoms with Crippen LogP contribution in [0, 0.1) is 11.3 Å². The molecule has 2 unspecified atom stereocenters. The molecule has 2 rings (SSSR count). The van der Waals surface area contributed by atoms with Crippen LogP contribution in [0.2, 0.25) is 0 Å². The van der Waals surface area contributed by atoms with Gasteiger partial charge in [-0.1, -0.05) is 19.8 Å². The molecule has 0 aromatic carbocycles. The maximum atomic E-state index is 9.93. The highest BCUT2D eigenvalue weighted by molar-refractivity contribution is 4.88. The molecule has 4 nitrogen and oxygen atoms in total. The second-order valence-electron chi connectivity index (χ2n) is 7.05. The fourth-order valence-electron chi connectivity index (χ4n) is 4.13. The van der Waals surface area contributed by atoms with E-state index in [1.807, 2.05) is 0 Å². The monoisotopic (exact) mass is 284 g/mol. The van der Waals surface area contributed by atoms with Gasteiger partial charge in [0.05, 0.1) is 6.61 Å². The van der Waals surface area contributed by atoms with Crippen molar-refractivity contribution in [2.75, 3.05) is 52.5 Å². The number of aliphatic hydroxyl groups excluding tert-OH is 2. The number of nitrogens with zero attached hydrogens (tertiary/aromatic N) is 2. The first-order valence-corrected chi connectivity index (χ1v) is 8.34. The van der Waals surface area contributed by atoms with Crippen LogP contribution in [0.15, 0.2) is 0 Å². The first-order valence-electron chi connectivity index (χ1n) is 8.34. The van der Waals surface area contributed by atoms with Crippen molar-refractivity contribution in [3.63, 3.8) is 0 Å². The van der Waals surface area contributed by atoms with Gasteiger partial charge in [-0.2, -0.15) is 0 Å². The molecule has 0 amide bonds. The van der Waals surface area contributed by atoms with Crippen molar-refractivity contribution >= 4 is 0 Å². The van der Waals surface area contributed by atoms with Gasteiger partial charge in [-0.25, -0.2) is 0 Å². The van der Waals surface area contributed by atoms with Crippen molar-refractivity contribution in [3.8, 4) is 0 Å². The Morgan fingerprint density at radius 2 is 1.80 bits per heavy atom. The molecule has 2 N–H and O–H groups in total. The van der Waals surface area contributed by atoms with Gasteiger partial charge in [-0.05, 0) is 38.3 Å². The lowest BCUT2D eigenvalue weighted by atomic mass is 9.70. The second kappa shape index (κ2) is 7.74. The molecule has 1 saturated heterocycles. The van der Waals surface area contributed by atoms with E-state index in [1.54, 1.807) is 0 Å². The SMILES string of the molecule is CC1CCCC(CO)(CN2CCCN(CCO)CC2)C1. The zero-order valence-electron chi connectivity index (χ0n) is 13.1. The van der Waals surface area contributed by atoms with Gasteiger partial charge in [0.1, 0.15) is 0 Å². The molecular weight excluding hydrogens is 252 g/mol. The molecule has 1 aliphatic carbocycles. The third-order valence-corrected chi connectivity index (χ3v) is 5.18. The Bertz CT molecular complexity index is 288. The first-order chi connectivity index (χ1) is 9.67. The molecule has 1 saturated carbocycles. The Morgan fingerprint density at radius 3 is 2.50 bits per heavy atom. The lowest BCUT2D eigenvalue weighted by Crippen LogP contribution is -2.44. The van der Waals surface area contributed by atoms with E-state index in [0.717, 1.165) is 45.2 Å². The van der Waals surface area contributed by atoms with Crippen molar-refractivity contribution in [1.29, 1.82) is 0 Å². The summed E-state index contributed by atoms with van der Waals surface area (Å²) in [5.74, 6) is 0.758. The Morgan fingerprint density at radius 1 is 1.05 bits per heavy atom. The quantitative estimate of drug-likeness (QED) is 0.796. The molecule has 0 spiro atoms. The molecule has 118 valence electrons. The molecule has 0 radical (unpaired) electrons. The van der Waals surface area contributed by atoms with Crippen LogP contribution in [0.5, 0.6) is 0 Å². The minimum absolute atomic E-state index is 0.143. The van der Waals surface area contributed by atoms with Crippen LogP contribution in [-0.4, -0.2) is 72.5 Å². The van der Waals surface area contributed by atoms with Crippen molar-refractivity contribution in [3.05, 3.63) is 0 Å². The lowest BCUT2D eigenvalue weighted by molar-refractivity contribution is 0.0248. The average Bonchev–Trinajstić information content (AvgIpc) is 2.65. The molecule has 1 aliphatic heterocycles. The highest BCUT2D eigenvalue weighted by Crippen LogP contribution is 2.39. The first kappa shape index (κ1) is 16.2. The van der Waals surface area contributed by atoms with Crippen molar-refractivity contribution in [2.45, 2.75) is 39.0 Å². The van der Waals surface area contributed by atoms with Gasteiger partial charge < -0.3 is 15.1 Å². The number of β-amino-alcohol motifs (C(OH)–C–C–N with tert-alkyl or cyclic N) is 1. The Kier molecular flexibility index (Phi) is 6.27. The third-order valence-electron chi connectivity index (χ3n) is 5.18. The van der Waals surface area contributed by atoms with E-state index >= 15 is 0 Å². The lowest BCUT2D eigenvalue weighted by Gasteiger charge is -2.42. The molecule has 0 aromatic heterocycles. The molecule has 0 aromatic rings. The van der Waals surface area contributed by atoms with E-state index < -0.39 is 0 Å². The summed E-state index contributed by atoms with van der Waals surface area (Å²) in [5.41, 5.74) is 0.143. The van der Waals surface area contributed by atoms with Gasteiger partial charge in [-0.15, -0.1) is 0 Å². The summed E-state index contributed by atoms with van der Waals surface area (Å²) in [5, 5.41) is 19.0. The van der Waals surface area contributed by atoms with Crippen LogP contribution < -0.4 is 0 Å². The van der Waals surface area contributed by atoms with E-state index in [4.69, 9.17) is 5.11 Å². The van der Waals surface area contributed by atoms with Crippen LogP contribution in [0.3, 0.4) is 0 Å². The molecule has 2 fully saturated rings. The Balaban J connectivity index is 1.87. The highest BCUT2D eigenvalue weighted by atomic mass is 16.3. The fourth-order valence-corrected chi connectivity index (χ4v) is 4.13. The van der Waals surface area contributed by atoms with Crippen LogP contribution in [0.25, 0.3) is 0 Å². The molecule has 2 atom stereocenters. The molecule has 1 heterocycles. The summed E-state index contributed by atoms with van der Waals surface area (Å²) >= 11 is 0. The van der Waals surface area contributed by atoms with Crippen molar-refractivity contribution in [2.24, 2.45) is 11.3 Å². The number of hydrogen-bond donors (Lipinski definition) is 2. The largest absolute Gasteiger partial charge is 0.396 e. The minimum atomic E-state index is 0.143. The maximum absolute atomic E-state index is 9.93. The van der Waals surface area contributed by atoms with Crippen molar-refractivity contribution in [1.82, 2.24) is 9.80 Å². The molecule has 20 heavy (non-hydrogen) atoms. The normalized spacial score (nSPS) is 34.0. The van der Waals surface area contributed by atoms with E-state index in [-0.39, 0.29) is 12.0 Å². The third kappa shape index (κ3) is 4.42. The van der Waals surface area contributed by atoms with Gasteiger partial charge in [0.25, 0.3) is 0 Å². The minimum Gasteiger partial charge on any atom is -0.396 e. The molecule has 2 aliphatic rings. The van der Waals surface area contributed by atoms with Gasteiger partial charge in [-0.3, -0.25) is 4.90 Å². The van der Waals surface area contributed by atoms with Crippen LogP contribution in [0.1, 0.15) is 39.0 Å². The molecule has 0 bridgehead atoms. The summed E-state index contributed by atoms with van der Waals surface area (Å²) in [7, 11) is 0. The van der Waals surface area contributed by atoms with Gasteiger partial charge in [0.15, 0.2) is 0 Å². The maximum Gasteiger partial charge on any atom is 0.0558 e. The number of hydrogen-bond acceptors (Lipinski definition) is 4. The zero-order chi connectivity index (χ0) is 14.4. The molecule has 4 heteroatoms. The van der Waals surface area contributed by atoms with Crippen LogP contribution >= 0.6 is 0 Å². The smallest absolute Gasteiger partial charge is 0.0558 e. The fraction of sp³-hybridized carbons (Fsp3) is 1.00. The summed E-state index contributed by atoms with van der Waals surface area (Å²) in [6.07, 6.45) is 6.14. The predicted octanol–water partition coefficient (Wildman–Crippen LogP) is 1.18. The second-order valence-corrected chi connectivity index (χ2v) is 7.05. The van der Waals surface area contributed by atoms with E-state index in [0.29, 0.717) is 6.61 Å².